The average Bonchev–Trinajstić information content (AvgIpc) is 2.80. The molecule has 0 saturated carbocycles. The van der Waals surface area contributed by atoms with Gasteiger partial charge in [-0.3, -0.25) is 9.69 Å². The number of aromatic nitrogens is 1. The normalized spacial score (nSPS) is 14.5. The Morgan fingerprint density at radius 2 is 1.78 bits per heavy atom. The number of carbonyl (C=O) groups is 1. The van der Waals surface area contributed by atoms with Crippen molar-refractivity contribution in [2.45, 2.75) is 19.8 Å². The summed E-state index contributed by atoms with van der Waals surface area (Å²) in [6.07, 6.45) is 1.30. The van der Waals surface area contributed by atoms with E-state index in [1.165, 1.54) is 23.3 Å². The Morgan fingerprint density at radius 3 is 2.47 bits per heavy atom. The number of carbonyl (C=O) groups excluding carboxylic acids is 1. The Balaban J connectivity index is 1.26. The molecule has 3 aromatic rings. The summed E-state index contributed by atoms with van der Waals surface area (Å²) in [4.78, 5) is 21.3. The molecule has 1 fully saturated rings. The summed E-state index contributed by atoms with van der Waals surface area (Å²) in [7, 11) is 0. The van der Waals surface area contributed by atoms with Crippen molar-refractivity contribution >= 4 is 11.7 Å². The number of nitrogens with two attached hydrogens (primary N) is 1. The lowest BCUT2D eigenvalue weighted by atomic mass is 10.0. The number of anilines is 1. The Labute approximate surface area is 188 Å². The molecule has 4 rings (SSSR count). The summed E-state index contributed by atoms with van der Waals surface area (Å²) in [5, 5.41) is 0. The van der Waals surface area contributed by atoms with Crippen LogP contribution >= 0.6 is 0 Å². The van der Waals surface area contributed by atoms with Crippen LogP contribution in [0.15, 0.2) is 60.7 Å². The maximum absolute atomic E-state index is 13.0. The first-order valence-electron chi connectivity index (χ1n) is 11.0. The number of hydrogen-bond acceptors (Lipinski definition) is 4. The van der Waals surface area contributed by atoms with Gasteiger partial charge in [0.1, 0.15) is 11.6 Å². The van der Waals surface area contributed by atoms with E-state index < -0.39 is 0 Å². The van der Waals surface area contributed by atoms with Crippen LogP contribution < -0.4 is 5.73 Å². The zero-order chi connectivity index (χ0) is 22.5. The maximum atomic E-state index is 13.0. The molecule has 0 radical (unpaired) electrons. The molecule has 0 spiro atoms. The smallest absolute Gasteiger partial charge is 0.227 e. The lowest BCUT2D eigenvalue weighted by molar-refractivity contribution is -0.132. The van der Waals surface area contributed by atoms with Gasteiger partial charge in [0, 0.05) is 38.3 Å². The number of aryl methyl sites for hydroxylation is 1. The molecule has 1 saturated heterocycles. The molecule has 1 aliphatic heterocycles. The second kappa shape index (κ2) is 9.92. The number of hydrogen-bond donors (Lipinski definition) is 1. The topological polar surface area (TPSA) is 62.5 Å². The van der Waals surface area contributed by atoms with Crippen LogP contribution in [0.25, 0.3) is 11.3 Å². The number of amides is 1. The highest BCUT2D eigenvalue weighted by molar-refractivity contribution is 5.78. The lowest BCUT2D eigenvalue weighted by Crippen LogP contribution is -2.49. The standard InChI is InChI=1S/C26H29FN4O/c1-19-17-22(24-3-2-4-25(28)29-24)8-7-21(19)11-12-30-13-15-31(16-14-30)26(32)18-20-5-9-23(27)10-6-20/h2-10,17H,11-16,18H2,1H3,(H2,28,29). The molecular weight excluding hydrogens is 403 g/mol. The van der Waals surface area contributed by atoms with Crippen molar-refractivity contribution in [2.75, 3.05) is 38.5 Å². The first kappa shape index (κ1) is 22.0. The van der Waals surface area contributed by atoms with Crippen LogP contribution in [0.5, 0.6) is 0 Å². The SMILES string of the molecule is Cc1cc(-c2cccc(N)n2)ccc1CCN1CCN(C(=O)Cc2ccc(F)cc2)CC1. The van der Waals surface area contributed by atoms with E-state index in [0.717, 1.165) is 56.0 Å². The first-order chi connectivity index (χ1) is 15.5. The predicted molar refractivity (Wildman–Crippen MR) is 126 cm³/mol. The van der Waals surface area contributed by atoms with Gasteiger partial charge in [0.05, 0.1) is 12.1 Å². The minimum atomic E-state index is -0.277. The third kappa shape index (κ3) is 5.51. The molecule has 0 atom stereocenters. The Morgan fingerprint density at radius 1 is 1.03 bits per heavy atom. The van der Waals surface area contributed by atoms with E-state index in [2.05, 4.69) is 35.0 Å². The number of nitrogens with zero attached hydrogens (tertiary/aromatic N) is 3. The molecule has 1 aliphatic rings. The second-order valence-corrected chi connectivity index (χ2v) is 8.36. The molecule has 32 heavy (non-hydrogen) atoms. The van der Waals surface area contributed by atoms with Crippen molar-refractivity contribution in [3.05, 3.63) is 83.2 Å². The number of halogens is 1. The molecule has 2 aromatic carbocycles. The fourth-order valence-corrected chi connectivity index (χ4v) is 4.14. The van der Waals surface area contributed by atoms with Crippen molar-refractivity contribution in [2.24, 2.45) is 0 Å². The van der Waals surface area contributed by atoms with E-state index in [4.69, 9.17) is 5.73 Å². The fraction of sp³-hybridized carbons (Fsp3) is 0.308. The lowest BCUT2D eigenvalue weighted by Gasteiger charge is -2.35. The van der Waals surface area contributed by atoms with Crippen LogP contribution in [0, 0.1) is 12.7 Å². The number of nitrogen functional groups attached to an aromatic ring is 1. The zero-order valence-corrected chi connectivity index (χ0v) is 18.4. The summed E-state index contributed by atoms with van der Waals surface area (Å²) in [6, 6.07) is 18.3. The molecular formula is C26H29FN4O. The highest BCUT2D eigenvalue weighted by Crippen LogP contribution is 2.22. The number of pyridine rings is 1. The van der Waals surface area contributed by atoms with E-state index in [1.807, 2.05) is 17.0 Å². The van der Waals surface area contributed by atoms with E-state index >= 15 is 0 Å². The van der Waals surface area contributed by atoms with Gasteiger partial charge in [-0.2, -0.15) is 0 Å². The van der Waals surface area contributed by atoms with Gasteiger partial charge in [-0.1, -0.05) is 30.3 Å². The molecule has 0 bridgehead atoms. The third-order valence-electron chi connectivity index (χ3n) is 6.10. The molecule has 166 valence electrons. The molecule has 2 N–H and O–H groups in total. The van der Waals surface area contributed by atoms with Gasteiger partial charge in [0.25, 0.3) is 0 Å². The molecule has 0 aliphatic carbocycles. The average molecular weight is 433 g/mol. The van der Waals surface area contributed by atoms with E-state index in [1.54, 1.807) is 18.2 Å². The summed E-state index contributed by atoms with van der Waals surface area (Å²) in [6.45, 7) is 6.32. The highest BCUT2D eigenvalue weighted by atomic mass is 19.1. The van der Waals surface area contributed by atoms with Crippen LogP contribution in [0.1, 0.15) is 16.7 Å². The minimum Gasteiger partial charge on any atom is -0.384 e. The number of rotatable bonds is 6. The predicted octanol–water partition coefficient (Wildman–Crippen LogP) is 3.71. The van der Waals surface area contributed by atoms with Crippen LogP contribution in [0.3, 0.4) is 0 Å². The first-order valence-corrected chi connectivity index (χ1v) is 11.0. The minimum absolute atomic E-state index is 0.109. The van der Waals surface area contributed by atoms with Crippen LogP contribution in [0.2, 0.25) is 0 Å². The summed E-state index contributed by atoms with van der Waals surface area (Å²) in [5.41, 5.74) is 11.2. The Bertz CT molecular complexity index is 1080. The molecule has 1 amide bonds. The van der Waals surface area contributed by atoms with Crippen LogP contribution in [0.4, 0.5) is 10.2 Å². The van der Waals surface area contributed by atoms with Crippen molar-refractivity contribution in [3.8, 4) is 11.3 Å². The summed E-state index contributed by atoms with van der Waals surface area (Å²) < 4.78 is 13.0. The quantitative estimate of drug-likeness (QED) is 0.645. The highest BCUT2D eigenvalue weighted by Gasteiger charge is 2.21. The van der Waals surface area contributed by atoms with Gasteiger partial charge in [0.2, 0.25) is 5.91 Å². The zero-order valence-electron chi connectivity index (χ0n) is 18.4. The molecule has 0 unspecified atom stereocenters. The largest absolute Gasteiger partial charge is 0.384 e. The van der Waals surface area contributed by atoms with Crippen molar-refractivity contribution in [3.63, 3.8) is 0 Å². The Kier molecular flexibility index (Phi) is 6.81. The van der Waals surface area contributed by atoms with Gasteiger partial charge in [-0.25, -0.2) is 9.37 Å². The van der Waals surface area contributed by atoms with Gasteiger partial charge >= 0.3 is 0 Å². The van der Waals surface area contributed by atoms with Crippen LogP contribution in [-0.2, 0) is 17.6 Å². The molecule has 6 heteroatoms. The van der Waals surface area contributed by atoms with Gasteiger partial charge < -0.3 is 10.6 Å². The van der Waals surface area contributed by atoms with Gasteiger partial charge in [-0.05, 0) is 60.4 Å². The van der Waals surface area contributed by atoms with E-state index in [-0.39, 0.29) is 11.7 Å². The molecule has 2 heterocycles. The summed E-state index contributed by atoms with van der Waals surface area (Å²) in [5.74, 6) is 0.360. The molecule has 5 nitrogen and oxygen atoms in total. The number of piperazine rings is 1. The van der Waals surface area contributed by atoms with Gasteiger partial charge in [0.15, 0.2) is 0 Å². The fourth-order valence-electron chi connectivity index (χ4n) is 4.14. The maximum Gasteiger partial charge on any atom is 0.227 e. The van der Waals surface area contributed by atoms with Crippen molar-refractivity contribution in [1.29, 1.82) is 0 Å². The van der Waals surface area contributed by atoms with Gasteiger partial charge in [-0.15, -0.1) is 0 Å². The van der Waals surface area contributed by atoms with E-state index in [9.17, 15) is 9.18 Å². The van der Waals surface area contributed by atoms with Crippen molar-refractivity contribution < 1.29 is 9.18 Å². The third-order valence-corrected chi connectivity index (χ3v) is 6.10. The Hall–Kier alpha value is -3.25. The van der Waals surface area contributed by atoms with E-state index in [0.29, 0.717) is 12.2 Å². The summed E-state index contributed by atoms with van der Waals surface area (Å²) >= 11 is 0. The number of benzene rings is 2. The van der Waals surface area contributed by atoms with Crippen molar-refractivity contribution in [1.82, 2.24) is 14.8 Å². The van der Waals surface area contributed by atoms with Crippen LogP contribution in [-0.4, -0.2) is 53.4 Å². The monoisotopic (exact) mass is 432 g/mol. The second-order valence-electron chi connectivity index (χ2n) is 8.36. The molecule has 1 aromatic heterocycles.